The van der Waals surface area contributed by atoms with Gasteiger partial charge in [-0.2, -0.15) is 0 Å². The fraction of sp³-hybridized carbons (Fsp3) is 0.966. The van der Waals surface area contributed by atoms with Gasteiger partial charge in [-0.1, -0.05) is 19.8 Å². The minimum atomic E-state index is -0.599. The number of aliphatic hydroxyl groups is 1. The predicted molar refractivity (Wildman–Crippen MR) is 135 cm³/mol. The zero-order valence-electron chi connectivity index (χ0n) is 22.3. The van der Waals surface area contributed by atoms with Crippen LogP contribution in [-0.4, -0.2) is 61.5 Å². The molecule has 0 aliphatic heterocycles. The second-order valence-electron chi connectivity index (χ2n) is 12.7. The number of esters is 1. The molecule has 1 N–H and O–H groups in total. The highest BCUT2D eigenvalue weighted by atomic mass is 16.5. The van der Waals surface area contributed by atoms with Crippen LogP contribution in [0.25, 0.3) is 0 Å². The van der Waals surface area contributed by atoms with Gasteiger partial charge in [-0.05, 0) is 115 Å². The van der Waals surface area contributed by atoms with E-state index in [1.807, 2.05) is 7.11 Å². The lowest BCUT2D eigenvalue weighted by Gasteiger charge is -2.48. The molecule has 9 unspecified atom stereocenters. The quantitative estimate of drug-likeness (QED) is 0.495. The number of methoxy groups -OCH3 is 1. The summed E-state index contributed by atoms with van der Waals surface area (Å²) in [4.78, 5) is 15.5. The molecule has 0 spiro atoms. The van der Waals surface area contributed by atoms with Gasteiger partial charge in [-0.3, -0.25) is 4.79 Å². The van der Waals surface area contributed by atoms with Crippen LogP contribution in [0.15, 0.2) is 0 Å². The summed E-state index contributed by atoms with van der Waals surface area (Å²) in [5, 5.41) is 11.8. The van der Waals surface area contributed by atoms with Crippen LogP contribution in [0.3, 0.4) is 0 Å². The largest absolute Gasteiger partial charge is 0.462 e. The van der Waals surface area contributed by atoms with E-state index >= 15 is 0 Å². The molecule has 0 saturated heterocycles. The Labute approximate surface area is 208 Å². The topological polar surface area (TPSA) is 59.0 Å². The maximum atomic E-state index is 13.2. The molecule has 5 heteroatoms. The number of nitrogens with zero attached hydrogens (tertiary/aromatic N) is 1. The summed E-state index contributed by atoms with van der Waals surface area (Å²) in [6.45, 7) is 3.06. The first-order valence-electron chi connectivity index (χ1n) is 14.4. The van der Waals surface area contributed by atoms with E-state index in [9.17, 15) is 9.90 Å². The standard InChI is InChI=1S/C29H51NO4/c1-20(21-11-12-23-17-26(33-4)14-13-22(23)16-21)28(31)34-27-10-7-9-24(18-27)29(32)15-6-5-8-25(29)19-30(2)3/h20-27,32H,5-19H2,1-4H3. The Bertz CT molecular complexity index is 669. The Morgan fingerprint density at radius 3 is 2.47 bits per heavy atom. The number of hydrogen-bond donors (Lipinski definition) is 1. The molecule has 0 radical (unpaired) electrons. The summed E-state index contributed by atoms with van der Waals surface area (Å²) >= 11 is 0. The van der Waals surface area contributed by atoms with E-state index in [1.54, 1.807) is 0 Å². The molecule has 4 fully saturated rings. The van der Waals surface area contributed by atoms with Crippen molar-refractivity contribution >= 4 is 5.97 Å². The summed E-state index contributed by atoms with van der Waals surface area (Å²) in [5.74, 6) is 2.58. The maximum Gasteiger partial charge on any atom is 0.309 e. The highest BCUT2D eigenvalue weighted by Crippen LogP contribution is 2.47. The molecule has 34 heavy (non-hydrogen) atoms. The van der Waals surface area contributed by atoms with E-state index in [4.69, 9.17) is 9.47 Å². The third-order valence-electron chi connectivity index (χ3n) is 10.3. The minimum absolute atomic E-state index is 0.0132. The van der Waals surface area contributed by atoms with Crippen molar-refractivity contribution in [3.8, 4) is 0 Å². The first-order chi connectivity index (χ1) is 16.3. The van der Waals surface area contributed by atoms with E-state index in [0.29, 0.717) is 17.9 Å². The molecule has 0 heterocycles. The monoisotopic (exact) mass is 477 g/mol. The average molecular weight is 478 g/mol. The minimum Gasteiger partial charge on any atom is -0.462 e. The van der Waals surface area contributed by atoms with Gasteiger partial charge < -0.3 is 19.5 Å². The van der Waals surface area contributed by atoms with Gasteiger partial charge in [0.15, 0.2) is 0 Å². The third-order valence-corrected chi connectivity index (χ3v) is 10.3. The summed E-state index contributed by atoms with van der Waals surface area (Å²) < 4.78 is 11.8. The van der Waals surface area contributed by atoms with Crippen LogP contribution < -0.4 is 0 Å². The second-order valence-corrected chi connectivity index (χ2v) is 12.7. The van der Waals surface area contributed by atoms with Crippen LogP contribution in [0.5, 0.6) is 0 Å². The van der Waals surface area contributed by atoms with Crippen molar-refractivity contribution in [2.45, 2.75) is 115 Å². The molecule has 4 saturated carbocycles. The molecule has 5 nitrogen and oxygen atoms in total. The van der Waals surface area contributed by atoms with Gasteiger partial charge in [0.25, 0.3) is 0 Å². The van der Waals surface area contributed by atoms with Crippen LogP contribution >= 0.6 is 0 Å². The number of rotatable bonds is 7. The zero-order chi connectivity index (χ0) is 24.3. The number of carbonyl (C=O) groups excluding carboxylic acids is 1. The van der Waals surface area contributed by atoms with Crippen LogP contribution in [0, 0.1) is 35.5 Å². The first-order valence-corrected chi connectivity index (χ1v) is 14.4. The van der Waals surface area contributed by atoms with Crippen molar-refractivity contribution < 1.29 is 19.4 Å². The Morgan fingerprint density at radius 1 is 0.941 bits per heavy atom. The summed E-state index contributed by atoms with van der Waals surface area (Å²) in [5.41, 5.74) is -0.599. The van der Waals surface area contributed by atoms with Gasteiger partial charge in [-0.15, -0.1) is 0 Å². The molecule has 4 aliphatic rings. The van der Waals surface area contributed by atoms with Gasteiger partial charge in [0.1, 0.15) is 6.10 Å². The van der Waals surface area contributed by atoms with Gasteiger partial charge in [0.05, 0.1) is 17.6 Å². The lowest BCUT2D eigenvalue weighted by atomic mass is 9.64. The summed E-state index contributed by atoms with van der Waals surface area (Å²) in [6.07, 6.45) is 15.9. The Morgan fingerprint density at radius 2 is 1.71 bits per heavy atom. The fourth-order valence-corrected chi connectivity index (χ4v) is 8.20. The highest BCUT2D eigenvalue weighted by Gasteiger charge is 2.47. The van der Waals surface area contributed by atoms with Gasteiger partial charge in [0, 0.05) is 19.6 Å². The molecule has 4 rings (SSSR count). The fourth-order valence-electron chi connectivity index (χ4n) is 8.20. The van der Waals surface area contributed by atoms with Crippen LogP contribution in [0.2, 0.25) is 0 Å². The lowest BCUT2D eigenvalue weighted by molar-refractivity contribution is -0.165. The highest BCUT2D eigenvalue weighted by molar-refractivity contribution is 5.72. The number of carbonyl (C=O) groups is 1. The zero-order valence-corrected chi connectivity index (χ0v) is 22.3. The molecular weight excluding hydrogens is 426 g/mol. The molecule has 0 amide bonds. The summed E-state index contributed by atoms with van der Waals surface area (Å²) in [6, 6.07) is 0. The first kappa shape index (κ1) is 26.4. The SMILES string of the molecule is COC1CCC2CC(C(C)C(=O)OC3CCCC(C4(O)CCCCC4CN(C)C)C3)CCC2C1. The van der Waals surface area contributed by atoms with Crippen molar-refractivity contribution in [1.82, 2.24) is 4.90 Å². The number of ether oxygens (including phenoxy) is 2. The van der Waals surface area contributed by atoms with E-state index in [2.05, 4.69) is 25.9 Å². The van der Waals surface area contributed by atoms with Crippen molar-refractivity contribution in [1.29, 1.82) is 0 Å². The van der Waals surface area contributed by atoms with E-state index in [-0.39, 0.29) is 23.9 Å². The number of fused-ring (bicyclic) bond motifs is 1. The smallest absolute Gasteiger partial charge is 0.309 e. The molecule has 9 atom stereocenters. The van der Waals surface area contributed by atoms with Crippen molar-refractivity contribution in [3.05, 3.63) is 0 Å². The maximum absolute atomic E-state index is 13.2. The van der Waals surface area contributed by atoms with Crippen molar-refractivity contribution in [2.75, 3.05) is 27.7 Å². The molecule has 0 aromatic carbocycles. The van der Waals surface area contributed by atoms with Gasteiger partial charge >= 0.3 is 5.97 Å². The molecule has 0 aromatic rings. The molecule has 0 bridgehead atoms. The van der Waals surface area contributed by atoms with E-state index in [1.165, 1.54) is 38.5 Å². The Hall–Kier alpha value is -0.650. The molecule has 4 aliphatic carbocycles. The van der Waals surface area contributed by atoms with Crippen molar-refractivity contribution in [3.63, 3.8) is 0 Å². The summed E-state index contributed by atoms with van der Waals surface area (Å²) in [7, 11) is 6.07. The predicted octanol–water partition coefficient (Wildman–Crippen LogP) is 5.44. The van der Waals surface area contributed by atoms with Crippen LogP contribution in [-0.2, 0) is 14.3 Å². The number of hydrogen-bond acceptors (Lipinski definition) is 5. The Balaban J connectivity index is 1.31. The molecule has 0 aromatic heterocycles. The lowest BCUT2D eigenvalue weighted by Crippen LogP contribution is -2.52. The van der Waals surface area contributed by atoms with Crippen LogP contribution in [0.1, 0.15) is 96.8 Å². The second kappa shape index (κ2) is 11.6. The normalized spacial score (nSPS) is 42.1. The third kappa shape index (κ3) is 6.00. The average Bonchev–Trinajstić information content (AvgIpc) is 2.84. The van der Waals surface area contributed by atoms with Gasteiger partial charge in [0.2, 0.25) is 0 Å². The van der Waals surface area contributed by atoms with Gasteiger partial charge in [-0.25, -0.2) is 0 Å². The van der Waals surface area contributed by atoms with E-state index in [0.717, 1.165) is 69.7 Å². The van der Waals surface area contributed by atoms with Crippen LogP contribution in [0.4, 0.5) is 0 Å². The van der Waals surface area contributed by atoms with E-state index < -0.39 is 5.60 Å². The molecule has 196 valence electrons. The van der Waals surface area contributed by atoms with Crippen molar-refractivity contribution in [2.24, 2.45) is 35.5 Å². The molecular formula is C29H51NO4. The Kier molecular flexibility index (Phi) is 9.01.